The van der Waals surface area contributed by atoms with Crippen molar-refractivity contribution < 1.29 is 0 Å². The Morgan fingerprint density at radius 3 is 2.80 bits per heavy atom. The zero-order valence-corrected chi connectivity index (χ0v) is 14.3. The van der Waals surface area contributed by atoms with Gasteiger partial charge in [0.2, 0.25) is 0 Å². The fourth-order valence-electron chi connectivity index (χ4n) is 3.10. The van der Waals surface area contributed by atoms with Crippen LogP contribution in [0.2, 0.25) is 0 Å². The van der Waals surface area contributed by atoms with Crippen molar-refractivity contribution in [3.63, 3.8) is 0 Å². The highest BCUT2D eigenvalue weighted by Gasteiger charge is 2.36. The summed E-state index contributed by atoms with van der Waals surface area (Å²) in [5.74, 6) is 1.21. The lowest BCUT2D eigenvalue weighted by Gasteiger charge is -2.48. The third kappa shape index (κ3) is 3.60. The molecule has 1 aromatic heterocycles. The quantitative estimate of drug-likeness (QED) is 0.903. The Kier molecular flexibility index (Phi) is 5.21. The zero-order chi connectivity index (χ0) is 14.8. The van der Waals surface area contributed by atoms with Crippen molar-refractivity contribution in [1.29, 1.82) is 0 Å². The van der Waals surface area contributed by atoms with Crippen molar-refractivity contribution in [2.45, 2.75) is 58.5 Å². The molecule has 1 aliphatic heterocycles. The molecule has 3 unspecified atom stereocenters. The van der Waals surface area contributed by atoms with Gasteiger partial charge in [-0.25, -0.2) is 4.98 Å². The molecule has 0 aromatic carbocycles. The maximum Gasteiger partial charge on any atom is 0.0965 e. The second-order valence-corrected chi connectivity index (χ2v) is 7.73. The summed E-state index contributed by atoms with van der Waals surface area (Å²) >= 11 is 1.78. The van der Waals surface area contributed by atoms with E-state index in [9.17, 15) is 0 Å². The lowest BCUT2D eigenvalue weighted by Crippen LogP contribution is -2.64. The van der Waals surface area contributed by atoms with Crippen LogP contribution in [-0.2, 0) is 0 Å². The van der Waals surface area contributed by atoms with E-state index in [2.05, 4.69) is 55.2 Å². The van der Waals surface area contributed by atoms with Crippen molar-refractivity contribution in [3.8, 4) is 0 Å². The number of nitrogens with one attached hydrogen (secondary N) is 1. The van der Waals surface area contributed by atoms with Gasteiger partial charge >= 0.3 is 0 Å². The van der Waals surface area contributed by atoms with Crippen LogP contribution in [0.5, 0.6) is 0 Å². The molecule has 0 aliphatic carbocycles. The topological polar surface area (TPSA) is 28.2 Å². The molecule has 2 heterocycles. The van der Waals surface area contributed by atoms with Crippen LogP contribution in [-0.4, -0.2) is 41.1 Å². The molecule has 1 fully saturated rings. The minimum absolute atomic E-state index is 0.258. The van der Waals surface area contributed by atoms with E-state index in [0.717, 1.165) is 19.6 Å². The summed E-state index contributed by atoms with van der Waals surface area (Å²) in [5, 5.41) is 7.11. The van der Waals surface area contributed by atoms with Gasteiger partial charge in [0, 0.05) is 48.7 Å². The summed E-state index contributed by atoms with van der Waals surface area (Å²) in [7, 11) is 0. The number of hydrogen-bond acceptors (Lipinski definition) is 4. The minimum Gasteiger partial charge on any atom is -0.309 e. The van der Waals surface area contributed by atoms with Gasteiger partial charge < -0.3 is 5.32 Å². The predicted molar refractivity (Wildman–Crippen MR) is 87.4 cm³/mol. The van der Waals surface area contributed by atoms with Gasteiger partial charge in [-0.15, -0.1) is 11.3 Å². The predicted octanol–water partition coefficient (Wildman–Crippen LogP) is 3.35. The maximum absolute atomic E-state index is 4.48. The van der Waals surface area contributed by atoms with Crippen LogP contribution in [0.25, 0.3) is 0 Å². The first-order valence-electron chi connectivity index (χ1n) is 7.83. The monoisotopic (exact) mass is 295 g/mol. The fourth-order valence-corrected chi connectivity index (χ4v) is 3.79. The van der Waals surface area contributed by atoms with E-state index in [-0.39, 0.29) is 5.54 Å². The Morgan fingerprint density at radius 2 is 2.25 bits per heavy atom. The number of nitrogens with zero attached hydrogens (tertiary/aromatic N) is 2. The van der Waals surface area contributed by atoms with Crippen molar-refractivity contribution in [1.82, 2.24) is 15.2 Å². The van der Waals surface area contributed by atoms with E-state index in [0.29, 0.717) is 17.9 Å². The molecule has 114 valence electrons. The molecule has 0 radical (unpaired) electrons. The van der Waals surface area contributed by atoms with E-state index < -0.39 is 0 Å². The molecule has 1 N–H and O–H groups in total. The van der Waals surface area contributed by atoms with Crippen LogP contribution in [0.3, 0.4) is 0 Å². The second-order valence-electron chi connectivity index (χ2n) is 6.81. The van der Waals surface area contributed by atoms with Crippen molar-refractivity contribution in [3.05, 3.63) is 16.6 Å². The maximum atomic E-state index is 4.48. The minimum atomic E-state index is 0.258. The lowest BCUT2D eigenvalue weighted by molar-refractivity contribution is 0.0563. The normalized spacial score (nSPS) is 29.8. The van der Waals surface area contributed by atoms with Crippen molar-refractivity contribution >= 4 is 11.3 Å². The molecule has 20 heavy (non-hydrogen) atoms. The molecule has 1 saturated heterocycles. The van der Waals surface area contributed by atoms with Crippen LogP contribution in [0.1, 0.15) is 52.0 Å². The Labute approximate surface area is 127 Å². The summed E-state index contributed by atoms with van der Waals surface area (Å²) in [6.45, 7) is 15.0. The van der Waals surface area contributed by atoms with Crippen LogP contribution < -0.4 is 5.32 Å². The molecule has 4 heteroatoms. The van der Waals surface area contributed by atoms with Gasteiger partial charge in [-0.2, -0.15) is 0 Å². The first kappa shape index (κ1) is 15.9. The van der Waals surface area contributed by atoms with E-state index >= 15 is 0 Å². The zero-order valence-electron chi connectivity index (χ0n) is 13.5. The molecule has 0 saturated carbocycles. The SMILES string of the molecule is CCC1(C)CN(CC(C)c2nccs2)C(C(C)C)CN1. The Bertz CT molecular complexity index is 404. The fraction of sp³-hybridized carbons (Fsp3) is 0.812. The van der Waals surface area contributed by atoms with Crippen molar-refractivity contribution in [2.75, 3.05) is 19.6 Å². The van der Waals surface area contributed by atoms with E-state index in [1.54, 1.807) is 11.3 Å². The Morgan fingerprint density at radius 1 is 1.50 bits per heavy atom. The third-order valence-electron chi connectivity index (χ3n) is 4.69. The molecule has 3 nitrogen and oxygen atoms in total. The lowest BCUT2D eigenvalue weighted by atomic mass is 9.89. The summed E-state index contributed by atoms with van der Waals surface area (Å²) < 4.78 is 0. The van der Waals surface area contributed by atoms with Crippen LogP contribution in [0.4, 0.5) is 0 Å². The number of rotatable bonds is 5. The molecule has 0 amide bonds. The second kappa shape index (κ2) is 6.54. The molecular weight excluding hydrogens is 266 g/mol. The van der Waals surface area contributed by atoms with Gasteiger partial charge in [0.05, 0.1) is 5.01 Å². The highest BCUT2D eigenvalue weighted by Crippen LogP contribution is 2.26. The molecule has 2 rings (SSSR count). The number of piperazine rings is 1. The van der Waals surface area contributed by atoms with Gasteiger partial charge in [-0.05, 0) is 19.3 Å². The highest BCUT2D eigenvalue weighted by molar-refractivity contribution is 7.09. The van der Waals surface area contributed by atoms with Gasteiger partial charge in [-0.1, -0.05) is 27.7 Å². The molecule has 1 aromatic rings. The largest absolute Gasteiger partial charge is 0.309 e. The number of thiazole rings is 1. The summed E-state index contributed by atoms with van der Waals surface area (Å²) in [5.41, 5.74) is 0.258. The summed E-state index contributed by atoms with van der Waals surface area (Å²) in [6.07, 6.45) is 3.10. The van der Waals surface area contributed by atoms with Gasteiger partial charge in [0.1, 0.15) is 0 Å². The van der Waals surface area contributed by atoms with Gasteiger partial charge in [0.15, 0.2) is 0 Å². The Hall–Kier alpha value is -0.450. The van der Waals surface area contributed by atoms with Crippen molar-refractivity contribution in [2.24, 2.45) is 5.92 Å². The molecular formula is C16H29N3S. The third-order valence-corrected chi connectivity index (χ3v) is 5.70. The van der Waals surface area contributed by atoms with Gasteiger partial charge in [0.25, 0.3) is 0 Å². The average Bonchev–Trinajstić information content (AvgIpc) is 2.92. The highest BCUT2D eigenvalue weighted by atomic mass is 32.1. The molecule has 0 bridgehead atoms. The van der Waals surface area contributed by atoms with Crippen LogP contribution in [0, 0.1) is 5.92 Å². The smallest absolute Gasteiger partial charge is 0.0965 e. The van der Waals surface area contributed by atoms with E-state index in [1.807, 2.05) is 6.20 Å². The van der Waals surface area contributed by atoms with E-state index in [4.69, 9.17) is 0 Å². The van der Waals surface area contributed by atoms with Crippen LogP contribution in [0.15, 0.2) is 11.6 Å². The average molecular weight is 295 g/mol. The van der Waals surface area contributed by atoms with Gasteiger partial charge in [-0.3, -0.25) is 4.90 Å². The standard InChI is InChI=1S/C16H29N3S/c1-6-16(5)11-19(14(9-18-16)12(2)3)10-13(4)15-17-7-8-20-15/h7-8,12-14,18H,6,9-11H2,1-5H3. The molecule has 1 aliphatic rings. The molecule has 0 spiro atoms. The first-order valence-corrected chi connectivity index (χ1v) is 8.71. The summed E-state index contributed by atoms with van der Waals surface area (Å²) in [6, 6.07) is 0.636. The first-order chi connectivity index (χ1) is 9.45. The van der Waals surface area contributed by atoms with Crippen LogP contribution >= 0.6 is 11.3 Å². The number of hydrogen-bond donors (Lipinski definition) is 1. The number of aromatic nitrogens is 1. The molecule has 3 atom stereocenters. The Balaban J connectivity index is 2.07. The van der Waals surface area contributed by atoms with E-state index in [1.165, 1.54) is 11.4 Å². The summed E-state index contributed by atoms with van der Waals surface area (Å²) in [4.78, 5) is 7.18.